The number of nitrogens with zero attached hydrogens (tertiary/aromatic N) is 2. The maximum atomic E-state index is 10.4. The van der Waals surface area contributed by atoms with Crippen LogP contribution in [0.15, 0.2) is 4.52 Å². The summed E-state index contributed by atoms with van der Waals surface area (Å²) in [6.45, 7) is 4.53. The normalized spacial score (nSPS) is 30.6. The fraction of sp³-hybridized carbons (Fsp3) is 0.818. The van der Waals surface area contributed by atoms with Gasteiger partial charge in [-0.15, -0.1) is 0 Å². The van der Waals surface area contributed by atoms with Crippen molar-refractivity contribution in [3.63, 3.8) is 0 Å². The standard InChI is InChI=1S/C11H18N2O3/c1-3-9-12-10(16-13-9)7-11(14)4-5-15-8(2)6-11/h8,14H,3-7H2,1-2H3/t8-,11+/m0/s1. The zero-order chi connectivity index (χ0) is 11.6. The van der Waals surface area contributed by atoms with Gasteiger partial charge in [0.15, 0.2) is 5.82 Å². The van der Waals surface area contributed by atoms with Gasteiger partial charge in [0.25, 0.3) is 0 Å². The molecule has 90 valence electrons. The second-order valence-electron chi connectivity index (χ2n) is 4.49. The van der Waals surface area contributed by atoms with Gasteiger partial charge >= 0.3 is 0 Å². The number of hydrogen-bond acceptors (Lipinski definition) is 5. The van der Waals surface area contributed by atoms with E-state index in [9.17, 15) is 5.11 Å². The summed E-state index contributed by atoms with van der Waals surface area (Å²) in [6.07, 6.45) is 2.51. The lowest BCUT2D eigenvalue weighted by Crippen LogP contribution is -2.41. The number of hydrogen-bond donors (Lipinski definition) is 1. The van der Waals surface area contributed by atoms with Gasteiger partial charge in [0.05, 0.1) is 18.1 Å². The Kier molecular flexibility index (Phi) is 3.25. The summed E-state index contributed by atoms with van der Waals surface area (Å²) in [5.74, 6) is 1.21. The molecule has 5 heteroatoms. The SMILES string of the molecule is CCc1noc(C[C@@]2(O)CCO[C@@H](C)C2)n1. The Bertz CT molecular complexity index is 353. The quantitative estimate of drug-likeness (QED) is 0.836. The monoisotopic (exact) mass is 226 g/mol. The van der Waals surface area contributed by atoms with Crippen LogP contribution in [-0.4, -0.2) is 33.6 Å². The summed E-state index contributed by atoms with van der Waals surface area (Å²) in [7, 11) is 0. The first kappa shape index (κ1) is 11.5. The average molecular weight is 226 g/mol. The fourth-order valence-electron chi connectivity index (χ4n) is 2.09. The zero-order valence-corrected chi connectivity index (χ0v) is 9.77. The van der Waals surface area contributed by atoms with Crippen LogP contribution < -0.4 is 0 Å². The summed E-state index contributed by atoms with van der Waals surface area (Å²) in [6, 6.07) is 0. The van der Waals surface area contributed by atoms with Gasteiger partial charge < -0.3 is 14.4 Å². The number of aromatic nitrogens is 2. The van der Waals surface area contributed by atoms with Gasteiger partial charge in [-0.05, 0) is 6.92 Å². The lowest BCUT2D eigenvalue weighted by atomic mass is 9.88. The van der Waals surface area contributed by atoms with E-state index in [0.717, 1.165) is 6.42 Å². The molecule has 1 aromatic rings. The summed E-state index contributed by atoms with van der Waals surface area (Å²) >= 11 is 0. The highest BCUT2D eigenvalue weighted by molar-refractivity contribution is 4.95. The molecule has 0 radical (unpaired) electrons. The van der Waals surface area contributed by atoms with Crippen LogP contribution >= 0.6 is 0 Å². The van der Waals surface area contributed by atoms with E-state index in [-0.39, 0.29) is 6.10 Å². The van der Waals surface area contributed by atoms with Crippen LogP contribution in [0, 0.1) is 0 Å². The fourth-order valence-corrected chi connectivity index (χ4v) is 2.09. The molecule has 16 heavy (non-hydrogen) atoms. The smallest absolute Gasteiger partial charge is 0.229 e. The number of rotatable bonds is 3. The summed E-state index contributed by atoms with van der Waals surface area (Å²) < 4.78 is 10.5. The Morgan fingerprint density at radius 1 is 1.56 bits per heavy atom. The van der Waals surface area contributed by atoms with Gasteiger partial charge in [-0.25, -0.2) is 0 Å². The summed E-state index contributed by atoms with van der Waals surface area (Å²) in [5, 5.41) is 14.2. The molecule has 2 heterocycles. The molecule has 0 spiro atoms. The van der Waals surface area contributed by atoms with Crippen LogP contribution in [0.25, 0.3) is 0 Å². The van der Waals surface area contributed by atoms with Crippen LogP contribution in [0.3, 0.4) is 0 Å². The largest absolute Gasteiger partial charge is 0.389 e. The molecule has 2 rings (SSSR count). The highest BCUT2D eigenvalue weighted by Gasteiger charge is 2.35. The predicted molar refractivity (Wildman–Crippen MR) is 57.0 cm³/mol. The Morgan fingerprint density at radius 3 is 3.00 bits per heavy atom. The zero-order valence-electron chi connectivity index (χ0n) is 9.77. The molecule has 0 bridgehead atoms. The number of ether oxygens (including phenoxy) is 1. The van der Waals surface area contributed by atoms with Gasteiger partial charge in [0, 0.05) is 25.9 Å². The van der Waals surface area contributed by atoms with Crippen molar-refractivity contribution in [2.45, 2.75) is 51.2 Å². The van der Waals surface area contributed by atoms with E-state index >= 15 is 0 Å². The molecule has 1 saturated heterocycles. The van der Waals surface area contributed by atoms with E-state index in [1.807, 2.05) is 13.8 Å². The molecule has 0 unspecified atom stereocenters. The summed E-state index contributed by atoms with van der Waals surface area (Å²) in [4.78, 5) is 4.21. The Labute approximate surface area is 94.8 Å². The Morgan fingerprint density at radius 2 is 2.38 bits per heavy atom. The van der Waals surface area contributed by atoms with E-state index in [2.05, 4.69) is 10.1 Å². The maximum Gasteiger partial charge on any atom is 0.229 e. The highest BCUT2D eigenvalue weighted by atomic mass is 16.5. The predicted octanol–water partition coefficient (Wildman–Crippen LogP) is 1.10. The third kappa shape index (κ3) is 2.59. The molecular formula is C11H18N2O3. The molecule has 0 amide bonds. The van der Waals surface area contributed by atoms with Crippen molar-refractivity contribution < 1.29 is 14.4 Å². The third-order valence-corrected chi connectivity index (χ3v) is 2.94. The first-order valence-electron chi connectivity index (χ1n) is 5.77. The van der Waals surface area contributed by atoms with Crippen LogP contribution in [0.4, 0.5) is 0 Å². The molecule has 1 aliphatic rings. The van der Waals surface area contributed by atoms with Crippen LogP contribution in [0.1, 0.15) is 38.4 Å². The molecule has 1 N–H and O–H groups in total. The lowest BCUT2D eigenvalue weighted by Gasteiger charge is -2.34. The number of aliphatic hydroxyl groups is 1. The van der Waals surface area contributed by atoms with Gasteiger partial charge in [-0.2, -0.15) is 4.98 Å². The van der Waals surface area contributed by atoms with Crippen LogP contribution in [0.5, 0.6) is 0 Å². The van der Waals surface area contributed by atoms with Crippen molar-refractivity contribution in [1.29, 1.82) is 0 Å². The molecule has 1 fully saturated rings. The van der Waals surface area contributed by atoms with Gasteiger partial charge in [0.2, 0.25) is 5.89 Å². The lowest BCUT2D eigenvalue weighted by molar-refractivity contribution is -0.0987. The Hall–Kier alpha value is -0.940. The first-order chi connectivity index (χ1) is 7.61. The molecule has 0 saturated carbocycles. The van der Waals surface area contributed by atoms with E-state index < -0.39 is 5.60 Å². The maximum absolute atomic E-state index is 10.4. The average Bonchev–Trinajstić information content (AvgIpc) is 2.64. The first-order valence-corrected chi connectivity index (χ1v) is 5.77. The molecular weight excluding hydrogens is 208 g/mol. The van der Waals surface area contributed by atoms with Gasteiger partial charge in [-0.3, -0.25) is 0 Å². The van der Waals surface area contributed by atoms with Gasteiger partial charge in [-0.1, -0.05) is 12.1 Å². The van der Waals surface area contributed by atoms with E-state index in [1.54, 1.807) is 0 Å². The van der Waals surface area contributed by atoms with Crippen molar-refractivity contribution >= 4 is 0 Å². The third-order valence-electron chi connectivity index (χ3n) is 2.94. The molecule has 1 aliphatic heterocycles. The molecule has 0 aliphatic carbocycles. The van der Waals surface area contributed by atoms with Crippen molar-refractivity contribution in [2.24, 2.45) is 0 Å². The van der Waals surface area contributed by atoms with E-state index in [0.29, 0.717) is 37.6 Å². The van der Waals surface area contributed by atoms with Gasteiger partial charge in [0.1, 0.15) is 0 Å². The highest BCUT2D eigenvalue weighted by Crippen LogP contribution is 2.27. The van der Waals surface area contributed by atoms with Crippen LogP contribution in [-0.2, 0) is 17.6 Å². The Balaban J connectivity index is 2.02. The molecule has 0 aromatic carbocycles. The second-order valence-corrected chi connectivity index (χ2v) is 4.49. The summed E-state index contributed by atoms with van der Waals surface area (Å²) in [5.41, 5.74) is -0.755. The van der Waals surface area contributed by atoms with E-state index in [4.69, 9.17) is 9.26 Å². The van der Waals surface area contributed by atoms with Crippen molar-refractivity contribution in [3.8, 4) is 0 Å². The van der Waals surface area contributed by atoms with E-state index in [1.165, 1.54) is 0 Å². The molecule has 2 atom stereocenters. The van der Waals surface area contributed by atoms with Crippen molar-refractivity contribution in [1.82, 2.24) is 10.1 Å². The molecule has 5 nitrogen and oxygen atoms in total. The van der Waals surface area contributed by atoms with Crippen LogP contribution in [0.2, 0.25) is 0 Å². The van der Waals surface area contributed by atoms with Crippen molar-refractivity contribution in [3.05, 3.63) is 11.7 Å². The second kappa shape index (κ2) is 4.51. The molecule has 1 aromatic heterocycles. The minimum Gasteiger partial charge on any atom is -0.389 e. The minimum absolute atomic E-state index is 0.0901. The van der Waals surface area contributed by atoms with Crippen molar-refractivity contribution in [2.75, 3.05) is 6.61 Å². The minimum atomic E-state index is -0.755. The topological polar surface area (TPSA) is 68.4 Å². The number of aryl methyl sites for hydroxylation is 1.